The summed E-state index contributed by atoms with van der Waals surface area (Å²) in [5.74, 6) is -0.0473. The molecule has 0 radical (unpaired) electrons. The van der Waals surface area contributed by atoms with Gasteiger partial charge in [-0.25, -0.2) is 9.67 Å². The van der Waals surface area contributed by atoms with Crippen molar-refractivity contribution in [1.29, 1.82) is 0 Å². The number of hydrogen-bond acceptors (Lipinski definition) is 3. The normalized spacial score (nSPS) is 10.9. The first-order valence-corrected chi connectivity index (χ1v) is 9.51. The fourth-order valence-electron chi connectivity index (χ4n) is 3.41. The zero-order chi connectivity index (χ0) is 19.5. The van der Waals surface area contributed by atoms with Gasteiger partial charge in [0, 0.05) is 24.3 Å². The minimum Gasteiger partial charge on any atom is -0.309 e. The number of carbonyl (C=O) groups is 1. The first-order valence-electron chi connectivity index (χ1n) is 9.51. The van der Waals surface area contributed by atoms with E-state index < -0.39 is 0 Å². The van der Waals surface area contributed by atoms with Crippen LogP contribution in [-0.2, 0) is 6.54 Å². The summed E-state index contributed by atoms with van der Waals surface area (Å²) in [6.07, 6.45) is 1.74. The Labute approximate surface area is 164 Å². The van der Waals surface area contributed by atoms with E-state index in [4.69, 9.17) is 4.98 Å². The third kappa shape index (κ3) is 3.16. The molecule has 0 fully saturated rings. The number of nitrogens with zero attached hydrogens (tertiary/aromatic N) is 4. The van der Waals surface area contributed by atoms with Crippen molar-refractivity contribution in [3.63, 3.8) is 0 Å². The molecule has 0 aliphatic rings. The standard InChI is InChI=1S/C23H22N4O/c1-3-26(18-13-9-6-10-14-18)23(28)19-15-21(17-11-7-5-8-12-17)25-22-20(19)16-24-27(22)4-2/h5-16H,3-4H2,1-2H3. The Morgan fingerprint density at radius 1 is 1.00 bits per heavy atom. The van der Waals surface area contributed by atoms with Crippen LogP contribution < -0.4 is 4.90 Å². The highest BCUT2D eigenvalue weighted by Gasteiger charge is 2.22. The maximum Gasteiger partial charge on any atom is 0.259 e. The third-order valence-electron chi connectivity index (χ3n) is 4.84. The average Bonchev–Trinajstić information content (AvgIpc) is 3.18. The lowest BCUT2D eigenvalue weighted by atomic mass is 10.1. The van der Waals surface area contributed by atoms with E-state index in [-0.39, 0.29) is 5.91 Å². The first kappa shape index (κ1) is 17.9. The number of aromatic nitrogens is 3. The van der Waals surface area contributed by atoms with Gasteiger partial charge in [0.05, 0.1) is 22.8 Å². The quantitative estimate of drug-likeness (QED) is 0.508. The molecule has 2 heterocycles. The topological polar surface area (TPSA) is 51.0 Å². The van der Waals surface area contributed by atoms with Crippen molar-refractivity contribution >= 4 is 22.6 Å². The predicted octanol–water partition coefficient (Wildman–Crippen LogP) is 4.78. The Morgan fingerprint density at radius 3 is 2.32 bits per heavy atom. The van der Waals surface area contributed by atoms with Gasteiger partial charge in [-0.15, -0.1) is 0 Å². The molecule has 5 heteroatoms. The largest absolute Gasteiger partial charge is 0.309 e. The molecule has 28 heavy (non-hydrogen) atoms. The number of pyridine rings is 1. The number of hydrogen-bond donors (Lipinski definition) is 0. The second kappa shape index (κ2) is 7.64. The molecular formula is C23H22N4O. The van der Waals surface area contributed by atoms with Crippen molar-refractivity contribution in [3.05, 3.63) is 78.5 Å². The van der Waals surface area contributed by atoms with Gasteiger partial charge < -0.3 is 4.90 Å². The summed E-state index contributed by atoms with van der Waals surface area (Å²) in [6, 6.07) is 21.5. The Balaban J connectivity index is 1.90. The molecule has 4 aromatic rings. The first-order chi connectivity index (χ1) is 13.7. The Kier molecular flexibility index (Phi) is 4.89. The van der Waals surface area contributed by atoms with E-state index in [0.717, 1.165) is 28.0 Å². The SMILES string of the molecule is CCN(C(=O)c1cc(-c2ccccc2)nc2c1cnn2CC)c1ccccc1. The van der Waals surface area contributed by atoms with E-state index in [1.807, 2.05) is 85.3 Å². The zero-order valence-electron chi connectivity index (χ0n) is 16.0. The fraction of sp³-hybridized carbons (Fsp3) is 0.174. The van der Waals surface area contributed by atoms with Crippen molar-refractivity contribution in [2.45, 2.75) is 20.4 Å². The van der Waals surface area contributed by atoms with Crippen LogP contribution >= 0.6 is 0 Å². The molecule has 0 atom stereocenters. The molecule has 140 valence electrons. The number of para-hydroxylation sites is 1. The van der Waals surface area contributed by atoms with Crippen molar-refractivity contribution in [2.24, 2.45) is 0 Å². The minimum absolute atomic E-state index is 0.0473. The third-order valence-corrected chi connectivity index (χ3v) is 4.84. The van der Waals surface area contributed by atoms with Gasteiger partial charge in [0.25, 0.3) is 5.91 Å². The molecule has 0 aliphatic carbocycles. The van der Waals surface area contributed by atoms with Gasteiger partial charge >= 0.3 is 0 Å². The lowest BCUT2D eigenvalue weighted by molar-refractivity contribution is 0.0990. The highest BCUT2D eigenvalue weighted by molar-refractivity contribution is 6.13. The van der Waals surface area contributed by atoms with Gasteiger partial charge in [-0.3, -0.25) is 4.79 Å². The summed E-state index contributed by atoms with van der Waals surface area (Å²) in [5, 5.41) is 5.21. The fourth-order valence-corrected chi connectivity index (χ4v) is 3.41. The van der Waals surface area contributed by atoms with Crippen LogP contribution in [0.25, 0.3) is 22.3 Å². The van der Waals surface area contributed by atoms with Crippen molar-refractivity contribution in [1.82, 2.24) is 14.8 Å². The van der Waals surface area contributed by atoms with Crippen molar-refractivity contribution in [3.8, 4) is 11.3 Å². The summed E-state index contributed by atoms with van der Waals surface area (Å²) < 4.78 is 1.83. The predicted molar refractivity (Wildman–Crippen MR) is 112 cm³/mol. The summed E-state index contributed by atoms with van der Waals surface area (Å²) >= 11 is 0. The number of rotatable bonds is 5. The van der Waals surface area contributed by atoms with Crippen LogP contribution in [0.3, 0.4) is 0 Å². The second-order valence-corrected chi connectivity index (χ2v) is 6.50. The maximum absolute atomic E-state index is 13.5. The monoisotopic (exact) mass is 370 g/mol. The molecule has 1 amide bonds. The van der Waals surface area contributed by atoms with Gasteiger partial charge in [-0.05, 0) is 32.0 Å². The Bertz CT molecular complexity index is 1100. The van der Waals surface area contributed by atoms with Crippen LogP contribution in [0.5, 0.6) is 0 Å². The molecule has 2 aromatic carbocycles. The van der Waals surface area contributed by atoms with Gasteiger partial charge in [0.1, 0.15) is 0 Å². The molecule has 0 bridgehead atoms. The van der Waals surface area contributed by atoms with E-state index in [2.05, 4.69) is 5.10 Å². The van der Waals surface area contributed by atoms with Crippen molar-refractivity contribution < 1.29 is 4.79 Å². The summed E-state index contributed by atoms with van der Waals surface area (Å²) in [4.78, 5) is 20.1. The van der Waals surface area contributed by atoms with Crippen LogP contribution in [-0.4, -0.2) is 27.2 Å². The number of anilines is 1. The van der Waals surface area contributed by atoms with E-state index in [0.29, 0.717) is 18.7 Å². The second-order valence-electron chi connectivity index (χ2n) is 6.50. The molecule has 0 saturated carbocycles. The number of benzene rings is 2. The zero-order valence-corrected chi connectivity index (χ0v) is 16.0. The summed E-state index contributed by atoms with van der Waals surface area (Å²) in [5.41, 5.74) is 3.98. The van der Waals surface area contributed by atoms with Gasteiger partial charge in [0.15, 0.2) is 5.65 Å². The van der Waals surface area contributed by atoms with E-state index in [1.165, 1.54) is 0 Å². The highest BCUT2D eigenvalue weighted by Crippen LogP contribution is 2.27. The number of amides is 1. The van der Waals surface area contributed by atoms with E-state index >= 15 is 0 Å². The van der Waals surface area contributed by atoms with Crippen LogP contribution in [0.2, 0.25) is 0 Å². The van der Waals surface area contributed by atoms with Gasteiger partial charge in [-0.1, -0.05) is 48.5 Å². The Morgan fingerprint density at radius 2 is 1.68 bits per heavy atom. The molecule has 0 unspecified atom stereocenters. The van der Waals surface area contributed by atoms with Crippen molar-refractivity contribution in [2.75, 3.05) is 11.4 Å². The lowest BCUT2D eigenvalue weighted by Crippen LogP contribution is -2.30. The molecule has 5 nitrogen and oxygen atoms in total. The molecule has 0 saturated heterocycles. The van der Waals surface area contributed by atoms with Crippen LogP contribution in [0, 0.1) is 0 Å². The number of fused-ring (bicyclic) bond motifs is 1. The minimum atomic E-state index is -0.0473. The van der Waals surface area contributed by atoms with Crippen LogP contribution in [0.1, 0.15) is 24.2 Å². The number of aryl methyl sites for hydroxylation is 1. The molecule has 4 rings (SSSR count). The summed E-state index contributed by atoms with van der Waals surface area (Å²) in [7, 11) is 0. The van der Waals surface area contributed by atoms with Crippen LogP contribution in [0.15, 0.2) is 72.9 Å². The summed E-state index contributed by atoms with van der Waals surface area (Å²) in [6.45, 7) is 5.28. The average molecular weight is 370 g/mol. The molecular weight excluding hydrogens is 348 g/mol. The highest BCUT2D eigenvalue weighted by atomic mass is 16.2. The molecule has 0 spiro atoms. The van der Waals surface area contributed by atoms with Gasteiger partial charge in [0.2, 0.25) is 0 Å². The smallest absolute Gasteiger partial charge is 0.259 e. The molecule has 2 aromatic heterocycles. The van der Waals surface area contributed by atoms with E-state index in [9.17, 15) is 4.79 Å². The molecule has 0 N–H and O–H groups in total. The van der Waals surface area contributed by atoms with Gasteiger partial charge in [-0.2, -0.15) is 5.10 Å². The molecule has 0 aliphatic heterocycles. The lowest BCUT2D eigenvalue weighted by Gasteiger charge is -2.21. The van der Waals surface area contributed by atoms with Crippen LogP contribution in [0.4, 0.5) is 5.69 Å². The maximum atomic E-state index is 13.5. The Hall–Kier alpha value is -3.47. The van der Waals surface area contributed by atoms with E-state index in [1.54, 1.807) is 11.1 Å². The number of carbonyl (C=O) groups excluding carboxylic acids is 1.